The maximum Gasteiger partial charge on any atom is 0.240 e. The summed E-state index contributed by atoms with van der Waals surface area (Å²) in [7, 11) is 3.15. The van der Waals surface area contributed by atoms with E-state index in [1.54, 1.807) is 49.5 Å². The Kier molecular flexibility index (Phi) is 8.79. The molecular weight excluding hydrogens is 593 g/mol. The van der Waals surface area contributed by atoms with Crippen LogP contribution >= 0.6 is 11.8 Å². The molecule has 5 aromatic rings. The minimum atomic E-state index is -0.401. The number of benzene rings is 3. The zero-order chi connectivity index (χ0) is 31.3. The van der Waals surface area contributed by atoms with E-state index in [9.17, 15) is 14.0 Å². The zero-order valence-electron chi connectivity index (χ0n) is 24.6. The van der Waals surface area contributed by atoms with E-state index in [4.69, 9.17) is 14.6 Å². The van der Waals surface area contributed by atoms with Gasteiger partial charge in [0.2, 0.25) is 11.8 Å². The van der Waals surface area contributed by atoms with Crippen molar-refractivity contribution in [2.75, 3.05) is 31.4 Å². The summed E-state index contributed by atoms with van der Waals surface area (Å²) in [6.45, 7) is 0.0174. The molecule has 1 N–H and O–H groups in total. The summed E-state index contributed by atoms with van der Waals surface area (Å²) in [5.74, 6) is 0.652. The SMILES string of the molecule is COc1ccc([C@H]2SCC(=O)N(CC(=O)NCc3cccnc3)c3c2c(-c2ccccc2)nn3-c2ccc(F)cc2)cc1OC. The molecule has 2 amide bonds. The fourth-order valence-electron chi connectivity index (χ4n) is 5.27. The number of hydrogen-bond acceptors (Lipinski definition) is 7. The number of pyridine rings is 1. The van der Waals surface area contributed by atoms with Gasteiger partial charge in [0, 0.05) is 30.1 Å². The van der Waals surface area contributed by atoms with Crippen molar-refractivity contribution in [2.45, 2.75) is 11.8 Å². The van der Waals surface area contributed by atoms with Crippen LogP contribution in [0, 0.1) is 5.82 Å². The number of ether oxygens (including phenoxy) is 2. The molecule has 0 bridgehead atoms. The third-order valence-electron chi connectivity index (χ3n) is 7.43. The maximum absolute atomic E-state index is 14.1. The molecule has 0 saturated carbocycles. The lowest BCUT2D eigenvalue weighted by Gasteiger charge is -2.23. The number of carbonyl (C=O) groups excluding carboxylic acids is 2. The predicted octanol–water partition coefficient (Wildman–Crippen LogP) is 5.58. The number of anilines is 1. The van der Waals surface area contributed by atoms with Gasteiger partial charge in [-0.3, -0.25) is 19.5 Å². The van der Waals surface area contributed by atoms with E-state index < -0.39 is 5.82 Å². The van der Waals surface area contributed by atoms with E-state index in [-0.39, 0.29) is 35.9 Å². The Labute approximate surface area is 264 Å². The van der Waals surface area contributed by atoms with Crippen LogP contribution in [0.2, 0.25) is 0 Å². The average molecular weight is 624 g/mol. The van der Waals surface area contributed by atoms with Crippen molar-refractivity contribution in [1.29, 1.82) is 0 Å². The summed E-state index contributed by atoms with van der Waals surface area (Å²) >= 11 is 1.44. The van der Waals surface area contributed by atoms with E-state index in [1.807, 2.05) is 54.6 Å². The van der Waals surface area contributed by atoms with Gasteiger partial charge in [0.25, 0.3) is 0 Å². The number of carbonyl (C=O) groups is 2. The first-order valence-corrected chi connectivity index (χ1v) is 15.3. The van der Waals surface area contributed by atoms with Gasteiger partial charge in [-0.25, -0.2) is 9.07 Å². The van der Waals surface area contributed by atoms with E-state index in [2.05, 4.69) is 10.3 Å². The number of methoxy groups -OCH3 is 2. The third kappa shape index (κ3) is 6.25. The molecule has 6 rings (SSSR count). The first kappa shape index (κ1) is 29.9. The van der Waals surface area contributed by atoms with E-state index >= 15 is 0 Å². The molecule has 2 aromatic heterocycles. The summed E-state index contributed by atoms with van der Waals surface area (Å²) in [6.07, 6.45) is 3.34. The van der Waals surface area contributed by atoms with Crippen LogP contribution in [-0.4, -0.2) is 53.1 Å². The zero-order valence-corrected chi connectivity index (χ0v) is 25.5. The van der Waals surface area contributed by atoms with Crippen molar-refractivity contribution in [2.24, 2.45) is 0 Å². The van der Waals surface area contributed by atoms with E-state index in [0.29, 0.717) is 28.7 Å². The fourth-order valence-corrected chi connectivity index (χ4v) is 6.46. The molecule has 9 nitrogen and oxygen atoms in total. The largest absolute Gasteiger partial charge is 0.493 e. The van der Waals surface area contributed by atoms with Crippen LogP contribution in [-0.2, 0) is 16.1 Å². The van der Waals surface area contributed by atoms with Gasteiger partial charge >= 0.3 is 0 Å². The molecule has 228 valence electrons. The topological polar surface area (TPSA) is 98.6 Å². The Bertz CT molecular complexity index is 1820. The van der Waals surface area contributed by atoms with Crippen LogP contribution in [0.4, 0.5) is 10.2 Å². The molecule has 3 heterocycles. The van der Waals surface area contributed by atoms with Crippen molar-refractivity contribution in [3.63, 3.8) is 0 Å². The van der Waals surface area contributed by atoms with Gasteiger partial charge in [-0.05, 0) is 53.6 Å². The van der Waals surface area contributed by atoms with E-state index in [0.717, 1.165) is 22.3 Å². The van der Waals surface area contributed by atoms with Crippen LogP contribution in [0.15, 0.2) is 97.3 Å². The van der Waals surface area contributed by atoms with Crippen molar-refractivity contribution in [3.8, 4) is 28.4 Å². The van der Waals surface area contributed by atoms with Gasteiger partial charge < -0.3 is 14.8 Å². The Morgan fingerprint density at radius 3 is 2.49 bits per heavy atom. The highest BCUT2D eigenvalue weighted by molar-refractivity contribution is 8.00. The van der Waals surface area contributed by atoms with Crippen molar-refractivity contribution < 1.29 is 23.5 Å². The number of thioether (sulfide) groups is 1. The number of hydrogen-bond donors (Lipinski definition) is 1. The summed E-state index contributed by atoms with van der Waals surface area (Å²) in [4.78, 5) is 32.9. The normalized spacial score (nSPS) is 14.4. The van der Waals surface area contributed by atoms with Crippen LogP contribution in [0.1, 0.15) is 21.9 Å². The maximum atomic E-state index is 14.1. The molecule has 1 aliphatic rings. The Balaban J connectivity index is 1.53. The summed E-state index contributed by atoms with van der Waals surface area (Å²) in [5, 5.41) is 7.56. The number of nitrogens with zero attached hydrogens (tertiary/aromatic N) is 4. The van der Waals surface area contributed by atoms with Gasteiger partial charge in [0.1, 0.15) is 18.2 Å². The van der Waals surface area contributed by atoms with Crippen LogP contribution in [0.3, 0.4) is 0 Å². The van der Waals surface area contributed by atoms with Gasteiger partial charge in [-0.2, -0.15) is 5.10 Å². The standard InChI is InChI=1S/C34H30FN5O4S/c1-43-27-15-10-24(17-28(27)44-2)33-31-32(23-8-4-3-5-9-23)38-40(26-13-11-25(35)12-14-26)34(31)39(30(42)21-45-33)20-29(41)37-19-22-7-6-16-36-18-22/h3-18,33H,19-21H2,1-2H3,(H,37,41)/t33-/m1/s1. The second kappa shape index (κ2) is 13.2. The number of fused-ring (bicyclic) bond motifs is 1. The summed E-state index contributed by atoms with van der Waals surface area (Å²) < 4.78 is 26.8. The Morgan fingerprint density at radius 1 is 1.00 bits per heavy atom. The first-order chi connectivity index (χ1) is 22.0. The smallest absolute Gasteiger partial charge is 0.240 e. The van der Waals surface area contributed by atoms with Gasteiger partial charge in [-0.1, -0.05) is 42.5 Å². The lowest BCUT2D eigenvalue weighted by molar-refractivity contribution is -0.123. The highest BCUT2D eigenvalue weighted by atomic mass is 32.2. The first-order valence-electron chi connectivity index (χ1n) is 14.2. The molecular formula is C34H30FN5O4S. The van der Waals surface area contributed by atoms with Crippen LogP contribution in [0.5, 0.6) is 11.5 Å². The molecule has 0 radical (unpaired) electrons. The van der Waals surface area contributed by atoms with Gasteiger partial charge in [-0.15, -0.1) is 11.8 Å². The minimum Gasteiger partial charge on any atom is -0.493 e. The number of rotatable bonds is 9. The minimum absolute atomic E-state index is 0.0984. The molecule has 1 aliphatic heterocycles. The number of nitrogens with one attached hydrogen (secondary N) is 1. The highest BCUT2D eigenvalue weighted by Crippen LogP contribution is 2.49. The second-order valence-electron chi connectivity index (χ2n) is 10.3. The molecule has 0 spiro atoms. The van der Waals surface area contributed by atoms with Crippen LogP contribution < -0.4 is 19.7 Å². The number of aromatic nitrogens is 3. The lowest BCUT2D eigenvalue weighted by Crippen LogP contribution is -2.42. The van der Waals surface area contributed by atoms with Crippen LogP contribution in [0.25, 0.3) is 16.9 Å². The molecule has 11 heteroatoms. The molecule has 0 aliphatic carbocycles. The molecule has 1 atom stereocenters. The fraction of sp³-hybridized carbons (Fsp3) is 0.176. The second-order valence-corrected chi connectivity index (χ2v) is 11.4. The Hall–Kier alpha value is -5.16. The molecule has 45 heavy (non-hydrogen) atoms. The summed E-state index contributed by atoms with van der Waals surface area (Å²) in [5.41, 5.74) is 4.45. The molecule has 0 fully saturated rings. The molecule has 0 unspecified atom stereocenters. The average Bonchev–Trinajstić information content (AvgIpc) is 3.40. The number of amides is 2. The van der Waals surface area contributed by atoms with Crippen molar-refractivity contribution in [1.82, 2.24) is 20.1 Å². The molecule has 0 saturated heterocycles. The van der Waals surface area contributed by atoms with Gasteiger partial charge in [0.05, 0.1) is 36.6 Å². The van der Waals surface area contributed by atoms with Crippen molar-refractivity contribution >= 4 is 29.4 Å². The number of halogens is 1. The molecule has 3 aromatic carbocycles. The lowest BCUT2D eigenvalue weighted by atomic mass is 9.99. The quantitative estimate of drug-likeness (QED) is 0.229. The summed E-state index contributed by atoms with van der Waals surface area (Å²) in [6, 6.07) is 24.9. The Morgan fingerprint density at radius 2 is 1.78 bits per heavy atom. The van der Waals surface area contributed by atoms with Crippen molar-refractivity contribution in [3.05, 3.63) is 120 Å². The van der Waals surface area contributed by atoms with Gasteiger partial charge in [0.15, 0.2) is 11.5 Å². The highest BCUT2D eigenvalue weighted by Gasteiger charge is 2.38. The predicted molar refractivity (Wildman–Crippen MR) is 171 cm³/mol. The monoisotopic (exact) mass is 623 g/mol. The van der Waals surface area contributed by atoms with E-state index in [1.165, 1.54) is 28.8 Å². The third-order valence-corrected chi connectivity index (χ3v) is 8.69.